The average Bonchev–Trinajstić information content (AvgIpc) is 2.56. The van der Waals surface area contributed by atoms with Crippen LogP contribution in [0.1, 0.15) is 5.56 Å². The maximum atomic E-state index is 12.0. The lowest BCUT2D eigenvalue weighted by Crippen LogP contribution is -2.10. The van der Waals surface area contributed by atoms with Crippen LogP contribution >= 0.6 is 7.60 Å². The lowest BCUT2D eigenvalue weighted by molar-refractivity contribution is -0.116. The molecule has 0 aliphatic carbocycles. The SMILES string of the molecule is COP(=O)(CC(=O)Cc1cccc(Oc2ccccc2)c1)OC. The lowest BCUT2D eigenvalue weighted by atomic mass is 10.1. The second-order valence-corrected chi connectivity index (χ2v) is 7.18. The number of ether oxygens (including phenoxy) is 1. The molecule has 0 atom stereocenters. The van der Waals surface area contributed by atoms with E-state index < -0.39 is 7.60 Å². The number of benzene rings is 2. The van der Waals surface area contributed by atoms with Crippen LogP contribution in [0.25, 0.3) is 0 Å². The zero-order valence-corrected chi connectivity index (χ0v) is 14.0. The molecule has 0 heterocycles. The van der Waals surface area contributed by atoms with Crippen molar-refractivity contribution in [3.8, 4) is 11.5 Å². The number of hydrogen-bond acceptors (Lipinski definition) is 5. The third kappa shape index (κ3) is 5.32. The number of hydrogen-bond donors (Lipinski definition) is 0. The minimum Gasteiger partial charge on any atom is -0.457 e. The molecule has 0 spiro atoms. The van der Waals surface area contributed by atoms with Crippen molar-refractivity contribution >= 4 is 13.4 Å². The Hall–Kier alpha value is -1.94. The Labute approximate surface area is 135 Å². The number of Topliss-reactive ketones (excluding diaryl/α,β-unsaturated/α-hetero) is 1. The van der Waals surface area contributed by atoms with Gasteiger partial charge >= 0.3 is 7.60 Å². The van der Waals surface area contributed by atoms with Crippen LogP contribution in [-0.2, 0) is 24.8 Å². The largest absolute Gasteiger partial charge is 0.457 e. The van der Waals surface area contributed by atoms with Gasteiger partial charge in [0.15, 0.2) is 0 Å². The standard InChI is InChI=1S/C17H19O5P/c1-20-23(19,21-2)13-15(18)11-14-7-6-10-17(12-14)22-16-8-4-3-5-9-16/h3-10,12H,11,13H2,1-2H3. The molecule has 0 aliphatic rings. The van der Waals surface area contributed by atoms with E-state index >= 15 is 0 Å². The summed E-state index contributed by atoms with van der Waals surface area (Å²) in [7, 11) is -0.782. The Morgan fingerprint density at radius 2 is 1.61 bits per heavy atom. The summed E-state index contributed by atoms with van der Waals surface area (Å²) in [6.45, 7) is 0. The van der Waals surface area contributed by atoms with Crippen LogP contribution < -0.4 is 4.74 Å². The molecule has 6 heteroatoms. The summed E-state index contributed by atoms with van der Waals surface area (Å²) in [4.78, 5) is 12.0. The van der Waals surface area contributed by atoms with E-state index in [1.165, 1.54) is 14.2 Å². The summed E-state index contributed by atoms with van der Waals surface area (Å²) in [6.07, 6.45) is -0.105. The Morgan fingerprint density at radius 1 is 0.957 bits per heavy atom. The molecular weight excluding hydrogens is 315 g/mol. The third-order valence-electron chi connectivity index (χ3n) is 3.20. The van der Waals surface area contributed by atoms with Gasteiger partial charge in [-0.3, -0.25) is 9.36 Å². The molecule has 2 aromatic carbocycles. The first-order valence-corrected chi connectivity index (χ1v) is 8.81. The fraction of sp³-hybridized carbons (Fsp3) is 0.235. The molecule has 5 nitrogen and oxygen atoms in total. The second kappa shape index (κ2) is 8.06. The first-order valence-electron chi connectivity index (χ1n) is 7.09. The molecule has 0 N–H and O–H groups in total. The highest BCUT2D eigenvalue weighted by Crippen LogP contribution is 2.46. The fourth-order valence-electron chi connectivity index (χ4n) is 2.05. The summed E-state index contributed by atoms with van der Waals surface area (Å²) >= 11 is 0. The highest BCUT2D eigenvalue weighted by molar-refractivity contribution is 7.54. The van der Waals surface area contributed by atoms with Crippen molar-refractivity contribution in [2.24, 2.45) is 0 Å². The fourth-order valence-corrected chi connectivity index (χ4v) is 3.00. The zero-order valence-electron chi connectivity index (χ0n) is 13.1. The molecule has 0 radical (unpaired) electrons. The van der Waals surface area contributed by atoms with Gasteiger partial charge in [-0.25, -0.2) is 0 Å². The maximum absolute atomic E-state index is 12.0. The minimum absolute atomic E-state index is 0.142. The van der Waals surface area contributed by atoms with Gasteiger partial charge < -0.3 is 13.8 Å². The predicted octanol–water partition coefficient (Wildman–Crippen LogP) is 4.08. The molecule has 122 valence electrons. The molecular formula is C17H19O5P. The average molecular weight is 334 g/mol. The normalized spacial score (nSPS) is 11.2. The number of carbonyl (C=O) groups is 1. The second-order valence-electron chi connectivity index (χ2n) is 4.91. The van der Waals surface area contributed by atoms with Crippen molar-refractivity contribution in [3.63, 3.8) is 0 Å². The summed E-state index contributed by atoms with van der Waals surface area (Å²) in [5.74, 6) is 1.15. The van der Waals surface area contributed by atoms with Gasteiger partial charge in [0, 0.05) is 20.6 Å². The van der Waals surface area contributed by atoms with Gasteiger partial charge in [-0.15, -0.1) is 0 Å². The van der Waals surface area contributed by atoms with E-state index in [4.69, 9.17) is 13.8 Å². The summed E-state index contributed by atoms with van der Waals surface area (Å²) < 4.78 is 27.3. The van der Waals surface area contributed by atoms with E-state index in [-0.39, 0.29) is 18.4 Å². The van der Waals surface area contributed by atoms with Crippen molar-refractivity contribution in [2.75, 3.05) is 20.4 Å². The van der Waals surface area contributed by atoms with Crippen LogP contribution in [0, 0.1) is 0 Å². The van der Waals surface area contributed by atoms with E-state index in [9.17, 15) is 9.36 Å². The van der Waals surface area contributed by atoms with Crippen molar-refractivity contribution in [3.05, 3.63) is 60.2 Å². The molecule has 0 saturated heterocycles. The summed E-state index contributed by atoms with van der Waals surface area (Å²) in [6, 6.07) is 16.6. The molecule has 0 aromatic heterocycles. The molecule has 0 amide bonds. The van der Waals surface area contributed by atoms with Gasteiger partial charge in [0.25, 0.3) is 0 Å². The molecule has 0 bridgehead atoms. The van der Waals surface area contributed by atoms with Gasteiger partial charge in [-0.1, -0.05) is 30.3 Å². The van der Waals surface area contributed by atoms with E-state index in [0.29, 0.717) is 5.75 Å². The van der Waals surface area contributed by atoms with Crippen molar-refractivity contribution in [2.45, 2.75) is 6.42 Å². The monoisotopic (exact) mass is 334 g/mol. The number of para-hydroxylation sites is 1. The number of ketones is 1. The lowest BCUT2D eigenvalue weighted by Gasteiger charge is -2.12. The Kier molecular flexibility index (Phi) is 6.11. The highest BCUT2D eigenvalue weighted by Gasteiger charge is 2.25. The topological polar surface area (TPSA) is 61.8 Å². The quantitative estimate of drug-likeness (QED) is 0.681. The Morgan fingerprint density at radius 3 is 2.26 bits per heavy atom. The molecule has 23 heavy (non-hydrogen) atoms. The minimum atomic E-state index is -3.32. The van der Waals surface area contributed by atoms with Crippen LogP contribution in [0.4, 0.5) is 0 Å². The van der Waals surface area contributed by atoms with Crippen LogP contribution in [-0.4, -0.2) is 26.2 Å². The van der Waals surface area contributed by atoms with Crippen LogP contribution in [0.5, 0.6) is 11.5 Å². The van der Waals surface area contributed by atoms with Crippen molar-refractivity contribution in [1.29, 1.82) is 0 Å². The first kappa shape index (κ1) is 17.4. The molecule has 0 saturated carbocycles. The van der Waals surface area contributed by atoms with Crippen molar-refractivity contribution < 1.29 is 23.1 Å². The summed E-state index contributed by atoms with van der Waals surface area (Å²) in [5, 5.41) is 0. The van der Waals surface area contributed by atoms with E-state index in [2.05, 4.69) is 0 Å². The van der Waals surface area contributed by atoms with Gasteiger partial charge in [0.1, 0.15) is 23.4 Å². The van der Waals surface area contributed by atoms with Crippen molar-refractivity contribution in [1.82, 2.24) is 0 Å². The molecule has 0 aliphatic heterocycles. The van der Waals surface area contributed by atoms with E-state index in [1.54, 1.807) is 6.07 Å². The van der Waals surface area contributed by atoms with Crippen LogP contribution in [0.2, 0.25) is 0 Å². The Balaban J connectivity index is 2.02. The third-order valence-corrected chi connectivity index (χ3v) is 5.06. The van der Waals surface area contributed by atoms with Gasteiger partial charge in [-0.2, -0.15) is 0 Å². The van der Waals surface area contributed by atoms with Gasteiger partial charge in [0.05, 0.1) is 0 Å². The van der Waals surface area contributed by atoms with E-state index in [1.807, 2.05) is 48.5 Å². The van der Waals surface area contributed by atoms with Gasteiger partial charge in [-0.05, 0) is 29.8 Å². The summed E-state index contributed by atoms with van der Waals surface area (Å²) in [5.41, 5.74) is 0.780. The van der Waals surface area contributed by atoms with Gasteiger partial charge in [0.2, 0.25) is 0 Å². The highest BCUT2D eigenvalue weighted by atomic mass is 31.2. The molecule has 0 fully saturated rings. The maximum Gasteiger partial charge on any atom is 0.337 e. The van der Waals surface area contributed by atoms with Crippen LogP contribution in [0.15, 0.2) is 54.6 Å². The van der Waals surface area contributed by atoms with Crippen LogP contribution in [0.3, 0.4) is 0 Å². The first-order chi connectivity index (χ1) is 11.0. The number of rotatable bonds is 8. The molecule has 0 unspecified atom stereocenters. The molecule has 2 rings (SSSR count). The predicted molar refractivity (Wildman–Crippen MR) is 88.2 cm³/mol. The zero-order chi connectivity index (χ0) is 16.7. The van der Waals surface area contributed by atoms with E-state index in [0.717, 1.165) is 11.3 Å². The number of carbonyl (C=O) groups excluding carboxylic acids is 1. The molecule has 2 aromatic rings. The smallest absolute Gasteiger partial charge is 0.337 e. The Bertz CT molecular complexity index is 691.